The van der Waals surface area contributed by atoms with Crippen molar-refractivity contribution in [3.05, 3.63) is 0 Å². The van der Waals surface area contributed by atoms with Crippen molar-refractivity contribution >= 4 is 42.0 Å². The Morgan fingerprint density at radius 1 is 1.33 bits per heavy atom. The van der Waals surface area contributed by atoms with E-state index in [1.54, 1.807) is 0 Å². The maximum absolute atomic E-state index is 9.44. The second-order valence-electron chi connectivity index (χ2n) is 0.908. The molecule has 1 nitrogen and oxygen atoms in total. The first-order valence-electron chi connectivity index (χ1n) is 1.20. The van der Waals surface area contributed by atoms with Gasteiger partial charge in [0, 0.05) is 0 Å². The van der Waals surface area contributed by atoms with Crippen molar-refractivity contribution < 1.29 is 4.79 Å². The molecule has 0 aliphatic heterocycles. The Hall–Kier alpha value is 0.800. The first-order valence-corrected chi connectivity index (χ1v) is 1.20. The van der Waals surface area contributed by atoms with E-state index in [9.17, 15) is 4.79 Å². The molecule has 0 unspecified atom stereocenters. The first-order chi connectivity index (χ1) is 1.73. The summed E-state index contributed by atoms with van der Waals surface area (Å²) in [6.07, 6.45) is 0. The fourth-order valence-electron chi connectivity index (χ4n) is 0. The minimum atomic E-state index is 0. The Balaban J connectivity index is -0.0000000450. The second-order valence-corrected chi connectivity index (χ2v) is 0.908. The van der Waals surface area contributed by atoms with E-state index in [2.05, 4.69) is 0 Å². The zero-order chi connectivity index (χ0) is 3.58. The van der Waals surface area contributed by atoms with Gasteiger partial charge in [-0.15, -0.1) is 0 Å². The van der Waals surface area contributed by atoms with Crippen LogP contribution in [0.5, 0.6) is 0 Å². The molecule has 0 rings (SSSR count). The van der Waals surface area contributed by atoms with E-state index in [4.69, 9.17) is 0 Å². The normalized spacial score (nSPS) is 4.33. The minimum absolute atomic E-state index is 0. The summed E-state index contributed by atoms with van der Waals surface area (Å²) in [5.41, 5.74) is 0. The van der Waals surface area contributed by atoms with Crippen LogP contribution in [0, 0.1) is 0 Å². The van der Waals surface area contributed by atoms with Gasteiger partial charge in [-0.3, -0.25) is 0 Å². The van der Waals surface area contributed by atoms with Crippen LogP contribution in [0.1, 0.15) is 13.8 Å². The van der Waals surface area contributed by atoms with E-state index >= 15 is 0 Å². The second kappa shape index (κ2) is 9.25. The van der Waals surface area contributed by atoms with Crippen molar-refractivity contribution in [3.8, 4) is 0 Å². The molecule has 0 fully saturated rings. The van der Waals surface area contributed by atoms with Crippen molar-refractivity contribution in [3.63, 3.8) is 0 Å². The SMILES string of the molecule is CC(C)=O.[AlH3].[LiH]. The molecule has 0 aliphatic carbocycles. The zero-order valence-corrected chi connectivity index (χ0v) is 2.91. The third kappa shape index (κ3) is 108. The topological polar surface area (TPSA) is 17.1 Å². The van der Waals surface area contributed by atoms with Gasteiger partial charge in [-0.2, -0.15) is 0 Å². The molecule has 0 radical (unpaired) electrons. The number of rotatable bonds is 0. The van der Waals surface area contributed by atoms with E-state index in [1.165, 1.54) is 13.8 Å². The summed E-state index contributed by atoms with van der Waals surface area (Å²) in [5.74, 6) is 0.167. The van der Waals surface area contributed by atoms with Gasteiger partial charge in [0.25, 0.3) is 0 Å². The molecule has 0 spiro atoms. The molecule has 0 bridgehead atoms. The third-order valence-corrected chi connectivity index (χ3v) is 0. The third-order valence-electron chi connectivity index (χ3n) is 0. The Morgan fingerprint density at radius 3 is 1.33 bits per heavy atom. The molecule has 32 valence electrons. The predicted molar refractivity (Wildman–Crippen MR) is 33.4 cm³/mol. The van der Waals surface area contributed by atoms with E-state index < -0.39 is 0 Å². The van der Waals surface area contributed by atoms with Gasteiger partial charge in [0.2, 0.25) is 0 Å². The van der Waals surface area contributed by atoms with Crippen molar-refractivity contribution in [2.45, 2.75) is 13.8 Å². The Labute approximate surface area is 60.8 Å². The standard InChI is InChI=1S/C3H6O.Al.Li.4H/c1-3(2)4;;;;;;/h1-2H3;;;;;;. The van der Waals surface area contributed by atoms with Crippen LogP contribution in [0.15, 0.2) is 0 Å². The molecular formula is C3H10AlLiO. The average Bonchev–Trinajstić information content (AvgIpc) is 0.811. The molecule has 0 aliphatic rings. The Kier molecular flexibility index (Phi) is 24.4. The summed E-state index contributed by atoms with van der Waals surface area (Å²) >= 11 is 0. The van der Waals surface area contributed by atoms with Crippen LogP contribution in [-0.4, -0.2) is 42.0 Å². The van der Waals surface area contributed by atoms with Gasteiger partial charge in [-0.25, -0.2) is 0 Å². The summed E-state index contributed by atoms with van der Waals surface area (Å²) in [7, 11) is 0. The fourth-order valence-corrected chi connectivity index (χ4v) is 0. The van der Waals surface area contributed by atoms with Crippen molar-refractivity contribution in [2.75, 3.05) is 0 Å². The molecule has 0 heterocycles. The molecule has 0 atom stereocenters. The molecule has 0 saturated heterocycles. The summed E-state index contributed by atoms with van der Waals surface area (Å²) in [4.78, 5) is 9.44. The summed E-state index contributed by atoms with van der Waals surface area (Å²) in [5, 5.41) is 0. The number of carbonyl (C=O) groups is 1. The predicted octanol–water partition coefficient (Wildman–Crippen LogP) is -1.24. The van der Waals surface area contributed by atoms with E-state index in [1.807, 2.05) is 0 Å². The van der Waals surface area contributed by atoms with Gasteiger partial charge in [0.05, 0.1) is 0 Å². The fraction of sp³-hybridized carbons (Fsp3) is 0.667. The molecule has 0 aromatic rings. The zero-order valence-electron chi connectivity index (χ0n) is 2.91. The van der Waals surface area contributed by atoms with E-state index in [0.717, 1.165) is 0 Å². The number of ketones is 1. The summed E-state index contributed by atoms with van der Waals surface area (Å²) in [6.45, 7) is 3.06. The quantitative estimate of drug-likeness (QED) is 0.345. The Morgan fingerprint density at radius 2 is 1.33 bits per heavy atom. The maximum atomic E-state index is 9.44. The van der Waals surface area contributed by atoms with E-state index in [0.29, 0.717) is 0 Å². The average molecular weight is 96.0 g/mol. The molecule has 0 amide bonds. The molecule has 0 aromatic heterocycles. The monoisotopic (exact) mass is 96.1 g/mol. The van der Waals surface area contributed by atoms with Crippen molar-refractivity contribution in [1.82, 2.24) is 0 Å². The number of carbonyl (C=O) groups excluding carboxylic acids is 1. The van der Waals surface area contributed by atoms with Gasteiger partial charge in [0.1, 0.15) is 5.78 Å². The van der Waals surface area contributed by atoms with Crippen LogP contribution >= 0.6 is 0 Å². The molecule has 0 saturated carbocycles. The molecule has 6 heavy (non-hydrogen) atoms. The van der Waals surface area contributed by atoms with Gasteiger partial charge in [-0.1, -0.05) is 0 Å². The molecule has 3 heteroatoms. The van der Waals surface area contributed by atoms with Crippen LogP contribution in [-0.2, 0) is 4.79 Å². The van der Waals surface area contributed by atoms with Crippen LogP contribution in [0.25, 0.3) is 0 Å². The van der Waals surface area contributed by atoms with E-state index in [-0.39, 0.29) is 42.0 Å². The molecule has 0 aromatic carbocycles. The molecular weight excluding hydrogens is 86.0 g/mol. The van der Waals surface area contributed by atoms with Crippen LogP contribution < -0.4 is 0 Å². The van der Waals surface area contributed by atoms with Gasteiger partial charge < -0.3 is 4.79 Å². The van der Waals surface area contributed by atoms with Crippen molar-refractivity contribution in [2.24, 2.45) is 0 Å². The van der Waals surface area contributed by atoms with Crippen molar-refractivity contribution in [1.29, 1.82) is 0 Å². The van der Waals surface area contributed by atoms with Gasteiger partial charge in [-0.05, 0) is 13.8 Å². The number of hydrogen-bond donors (Lipinski definition) is 0. The van der Waals surface area contributed by atoms with Gasteiger partial charge in [0.15, 0.2) is 17.4 Å². The number of Topliss-reactive ketones (excluding diaryl/α,β-unsaturated/α-hetero) is 1. The Bertz CT molecular complexity index is 33.8. The van der Waals surface area contributed by atoms with Crippen LogP contribution in [0.4, 0.5) is 0 Å². The van der Waals surface area contributed by atoms with Crippen LogP contribution in [0.2, 0.25) is 0 Å². The summed E-state index contributed by atoms with van der Waals surface area (Å²) in [6, 6.07) is 0. The summed E-state index contributed by atoms with van der Waals surface area (Å²) < 4.78 is 0. The molecule has 0 N–H and O–H groups in total. The van der Waals surface area contributed by atoms with Crippen LogP contribution in [0.3, 0.4) is 0 Å². The van der Waals surface area contributed by atoms with Gasteiger partial charge >= 0.3 is 18.9 Å². The number of hydrogen-bond acceptors (Lipinski definition) is 1. The first kappa shape index (κ1) is 15.8.